The molecule has 0 saturated heterocycles. The Kier molecular flexibility index (Phi) is 6.49. The Balaban J connectivity index is 1.72. The number of carbonyl (C=O) groups is 1. The molecule has 1 unspecified atom stereocenters. The molecule has 0 fully saturated rings. The molecule has 3 aromatic rings. The first kappa shape index (κ1) is 20.8. The van der Waals surface area contributed by atoms with Gasteiger partial charge in [0.1, 0.15) is 6.04 Å². The number of aromatic amines is 1. The molecule has 3 rings (SSSR count). The molecule has 2 aromatic carbocycles. The monoisotopic (exact) mass is 391 g/mol. The first-order valence-corrected chi connectivity index (χ1v) is 10.0. The lowest BCUT2D eigenvalue weighted by Gasteiger charge is -2.23. The van der Waals surface area contributed by atoms with E-state index in [0.29, 0.717) is 24.4 Å². The van der Waals surface area contributed by atoms with Gasteiger partial charge in [-0.15, -0.1) is 0 Å². The first-order chi connectivity index (χ1) is 13.9. The third-order valence-corrected chi connectivity index (χ3v) is 5.19. The van der Waals surface area contributed by atoms with Gasteiger partial charge >= 0.3 is 0 Å². The van der Waals surface area contributed by atoms with Crippen molar-refractivity contribution in [1.29, 1.82) is 0 Å². The van der Waals surface area contributed by atoms with Crippen LogP contribution < -0.4 is 10.9 Å². The van der Waals surface area contributed by atoms with Gasteiger partial charge in [-0.2, -0.15) is 0 Å². The molecule has 0 aliphatic carbocycles. The molecule has 1 amide bonds. The zero-order valence-electron chi connectivity index (χ0n) is 17.5. The van der Waals surface area contributed by atoms with Crippen molar-refractivity contribution in [2.75, 3.05) is 20.6 Å². The number of amides is 1. The molecule has 2 N–H and O–H groups in total. The predicted octanol–water partition coefficient (Wildman–Crippen LogP) is 3.61. The van der Waals surface area contributed by atoms with E-state index in [9.17, 15) is 9.59 Å². The summed E-state index contributed by atoms with van der Waals surface area (Å²) in [4.78, 5) is 30.0. The Labute approximate surface area is 171 Å². The second-order valence-electron chi connectivity index (χ2n) is 7.94. The van der Waals surface area contributed by atoms with Crippen LogP contribution in [0.5, 0.6) is 0 Å². The van der Waals surface area contributed by atoms with Gasteiger partial charge in [-0.05, 0) is 61.1 Å². The summed E-state index contributed by atoms with van der Waals surface area (Å²) < 4.78 is 0. The van der Waals surface area contributed by atoms with Crippen LogP contribution in [0.3, 0.4) is 0 Å². The number of pyridine rings is 1. The summed E-state index contributed by atoms with van der Waals surface area (Å²) in [6.45, 7) is 4.71. The van der Waals surface area contributed by atoms with Crippen LogP contribution in [-0.2, 0) is 11.2 Å². The standard InChI is InChI=1S/C24H29N3O2/c1-16(2)18-10-11-21-20(14-18)15-19(23(28)26-21)12-13-25-24(29)22(27(3)4)17-8-6-5-7-9-17/h5-11,14-16,22H,12-13H2,1-4H3,(H,25,29)(H,26,28). The number of carbonyl (C=O) groups excluding carboxylic acids is 1. The van der Waals surface area contributed by atoms with Crippen molar-refractivity contribution in [3.8, 4) is 0 Å². The second-order valence-corrected chi connectivity index (χ2v) is 7.94. The fraction of sp³-hybridized carbons (Fsp3) is 0.333. The topological polar surface area (TPSA) is 65.2 Å². The van der Waals surface area contributed by atoms with Gasteiger partial charge in [0.2, 0.25) is 5.91 Å². The fourth-order valence-electron chi connectivity index (χ4n) is 3.55. The normalized spacial score (nSPS) is 12.5. The number of hydrogen-bond donors (Lipinski definition) is 2. The second kappa shape index (κ2) is 9.05. The number of nitrogens with one attached hydrogen (secondary N) is 2. The summed E-state index contributed by atoms with van der Waals surface area (Å²) >= 11 is 0. The van der Waals surface area contributed by atoms with Gasteiger partial charge in [-0.25, -0.2) is 0 Å². The number of H-pyrrole nitrogens is 1. The SMILES string of the molecule is CC(C)c1ccc2[nH]c(=O)c(CCNC(=O)C(c3ccccc3)N(C)C)cc2c1. The van der Waals surface area contributed by atoms with Gasteiger partial charge in [0.15, 0.2) is 0 Å². The highest BCUT2D eigenvalue weighted by Gasteiger charge is 2.22. The number of aromatic nitrogens is 1. The molecule has 0 aliphatic heterocycles. The number of fused-ring (bicyclic) bond motifs is 1. The molecule has 1 aromatic heterocycles. The van der Waals surface area contributed by atoms with Crippen molar-refractivity contribution < 1.29 is 4.79 Å². The molecule has 29 heavy (non-hydrogen) atoms. The van der Waals surface area contributed by atoms with Crippen molar-refractivity contribution in [3.63, 3.8) is 0 Å². The van der Waals surface area contributed by atoms with E-state index in [4.69, 9.17) is 0 Å². The quantitative estimate of drug-likeness (QED) is 0.647. The van der Waals surface area contributed by atoms with Gasteiger partial charge < -0.3 is 10.3 Å². The lowest BCUT2D eigenvalue weighted by atomic mass is 10.00. The molecule has 5 nitrogen and oxygen atoms in total. The van der Waals surface area contributed by atoms with Crippen LogP contribution in [0.4, 0.5) is 0 Å². The van der Waals surface area contributed by atoms with Crippen molar-refractivity contribution in [2.45, 2.75) is 32.2 Å². The van der Waals surface area contributed by atoms with Crippen molar-refractivity contribution in [1.82, 2.24) is 15.2 Å². The van der Waals surface area contributed by atoms with Gasteiger partial charge in [0, 0.05) is 17.6 Å². The first-order valence-electron chi connectivity index (χ1n) is 10.0. The third-order valence-electron chi connectivity index (χ3n) is 5.19. The maximum Gasteiger partial charge on any atom is 0.251 e. The summed E-state index contributed by atoms with van der Waals surface area (Å²) in [5, 5.41) is 4.00. The van der Waals surface area contributed by atoms with Crippen LogP contribution in [0.2, 0.25) is 0 Å². The molecule has 0 saturated carbocycles. The van der Waals surface area contributed by atoms with Crippen LogP contribution in [0, 0.1) is 0 Å². The average Bonchev–Trinajstić information content (AvgIpc) is 2.68. The average molecular weight is 392 g/mol. The van der Waals surface area contributed by atoms with E-state index in [1.165, 1.54) is 5.56 Å². The summed E-state index contributed by atoms with van der Waals surface area (Å²) in [5.41, 5.74) is 3.60. The summed E-state index contributed by atoms with van der Waals surface area (Å²) in [6.07, 6.45) is 0.484. The number of rotatable bonds is 7. The van der Waals surface area contributed by atoms with Crippen molar-refractivity contribution in [2.24, 2.45) is 0 Å². The largest absolute Gasteiger partial charge is 0.354 e. The number of nitrogens with zero attached hydrogens (tertiary/aromatic N) is 1. The molecular formula is C24H29N3O2. The van der Waals surface area contributed by atoms with Gasteiger partial charge in [0.05, 0.1) is 0 Å². The molecular weight excluding hydrogens is 362 g/mol. The highest BCUT2D eigenvalue weighted by Crippen LogP contribution is 2.20. The van der Waals surface area contributed by atoms with E-state index in [2.05, 4.69) is 30.2 Å². The van der Waals surface area contributed by atoms with Crippen LogP contribution in [0.15, 0.2) is 59.4 Å². The molecule has 5 heteroatoms. The molecule has 0 aliphatic rings. The smallest absolute Gasteiger partial charge is 0.251 e. The highest BCUT2D eigenvalue weighted by atomic mass is 16.2. The summed E-state index contributed by atoms with van der Waals surface area (Å²) in [6, 6.07) is 17.4. The van der Waals surface area contributed by atoms with E-state index in [-0.39, 0.29) is 17.5 Å². The molecule has 0 spiro atoms. The Morgan fingerprint density at radius 1 is 1.03 bits per heavy atom. The number of likely N-dealkylation sites (N-methyl/N-ethyl adjacent to an activating group) is 1. The maximum atomic E-state index is 12.8. The Morgan fingerprint density at radius 3 is 2.41 bits per heavy atom. The minimum Gasteiger partial charge on any atom is -0.354 e. The van der Waals surface area contributed by atoms with Crippen molar-refractivity contribution >= 4 is 16.8 Å². The lowest BCUT2D eigenvalue weighted by molar-refractivity contribution is -0.125. The van der Waals surface area contributed by atoms with E-state index in [0.717, 1.165) is 16.5 Å². The number of benzene rings is 2. The Morgan fingerprint density at radius 2 is 1.76 bits per heavy atom. The minimum atomic E-state index is -0.361. The number of hydrogen-bond acceptors (Lipinski definition) is 3. The fourth-order valence-corrected chi connectivity index (χ4v) is 3.55. The highest BCUT2D eigenvalue weighted by molar-refractivity contribution is 5.83. The lowest BCUT2D eigenvalue weighted by Crippen LogP contribution is -2.38. The van der Waals surface area contributed by atoms with E-state index < -0.39 is 0 Å². The summed E-state index contributed by atoms with van der Waals surface area (Å²) in [7, 11) is 3.77. The van der Waals surface area contributed by atoms with Crippen LogP contribution in [-0.4, -0.2) is 36.4 Å². The molecule has 0 bridgehead atoms. The van der Waals surface area contributed by atoms with Gasteiger partial charge in [0.25, 0.3) is 5.56 Å². The summed E-state index contributed by atoms with van der Waals surface area (Å²) in [5.74, 6) is 0.357. The third kappa shape index (κ3) is 4.93. The van der Waals surface area contributed by atoms with Crippen molar-refractivity contribution in [3.05, 3.63) is 81.6 Å². The minimum absolute atomic E-state index is 0.0690. The zero-order chi connectivity index (χ0) is 21.0. The van der Waals surface area contributed by atoms with E-state index >= 15 is 0 Å². The van der Waals surface area contributed by atoms with E-state index in [1.807, 2.05) is 67.5 Å². The molecule has 1 atom stereocenters. The molecule has 1 heterocycles. The maximum absolute atomic E-state index is 12.8. The Hall–Kier alpha value is -2.92. The Bertz CT molecular complexity index is 1040. The van der Waals surface area contributed by atoms with Gasteiger partial charge in [-0.3, -0.25) is 14.5 Å². The van der Waals surface area contributed by atoms with Crippen LogP contribution in [0.25, 0.3) is 10.9 Å². The van der Waals surface area contributed by atoms with Crippen LogP contribution >= 0.6 is 0 Å². The molecule has 0 radical (unpaired) electrons. The molecule has 152 valence electrons. The predicted molar refractivity (Wildman–Crippen MR) is 118 cm³/mol. The van der Waals surface area contributed by atoms with Gasteiger partial charge in [-0.1, -0.05) is 50.2 Å². The zero-order valence-corrected chi connectivity index (χ0v) is 17.5. The van der Waals surface area contributed by atoms with E-state index in [1.54, 1.807) is 0 Å². The van der Waals surface area contributed by atoms with Crippen LogP contribution in [0.1, 0.15) is 42.5 Å².